The summed E-state index contributed by atoms with van der Waals surface area (Å²) in [5.41, 5.74) is 0.530. The Morgan fingerprint density at radius 1 is 0.786 bits per heavy atom. The summed E-state index contributed by atoms with van der Waals surface area (Å²) >= 11 is 0. The monoisotopic (exact) mass is 194 g/mol. The molecule has 0 aromatic heterocycles. The zero-order chi connectivity index (χ0) is 10.7. The smallest absolute Gasteiger partial charge is 0.0321 e. The van der Waals surface area contributed by atoms with E-state index in [2.05, 4.69) is 41.5 Å². The van der Waals surface area contributed by atoms with Gasteiger partial charge in [-0.3, -0.25) is 0 Å². The maximum absolute atomic E-state index is 2.49. The summed E-state index contributed by atoms with van der Waals surface area (Å²) in [4.78, 5) is 0. The Morgan fingerprint density at radius 2 is 1.29 bits per heavy atom. The Labute approximate surface area is 89.5 Å². The standard InChI is InChI=1S/C14H26/c1-8-9(2)13-11(7-14(4,5)6)10(3)12(8)13/h8-13H,7H2,1-6H3. The molecule has 0 heterocycles. The minimum absolute atomic E-state index is 0.530. The Balaban J connectivity index is 1.97. The third-order valence-electron chi connectivity index (χ3n) is 5.11. The lowest BCUT2D eigenvalue weighted by molar-refractivity contribution is -0.195. The highest BCUT2D eigenvalue weighted by molar-refractivity contribution is 5.08. The fourth-order valence-electron chi connectivity index (χ4n) is 4.28. The van der Waals surface area contributed by atoms with Crippen LogP contribution >= 0.6 is 0 Å². The summed E-state index contributed by atoms with van der Waals surface area (Å²) in [6, 6.07) is 0. The van der Waals surface area contributed by atoms with E-state index in [4.69, 9.17) is 0 Å². The minimum Gasteiger partial charge on any atom is -0.0620 e. The highest BCUT2D eigenvalue weighted by Crippen LogP contribution is 2.66. The predicted octanol–water partition coefficient (Wildman–Crippen LogP) is 4.21. The lowest BCUT2D eigenvalue weighted by Gasteiger charge is -2.67. The van der Waals surface area contributed by atoms with E-state index in [1.807, 2.05) is 0 Å². The Hall–Kier alpha value is 0. The summed E-state index contributed by atoms with van der Waals surface area (Å²) in [5, 5.41) is 0. The fourth-order valence-corrected chi connectivity index (χ4v) is 4.28. The van der Waals surface area contributed by atoms with E-state index in [1.54, 1.807) is 0 Å². The molecule has 6 atom stereocenters. The SMILES string of the molecule is CC1C(C)C2C(CC(C)(C)C)C(C)C12. The molecule has 6 unspecified atom stereocenters. The van der Waals surface area contributed by atoms with Gasteiger partial charge in [0.1, 0.15) is 0 Å². The minimum atomic E-state index is 0.530. The van der Waals surface area contributed by atoms with Gasteiger partial charge in [0.25, 0.3) is 0 Å². The Kier molecular flexibility index (Phi) is 2.25. The molecule has 0 aromatic carbocycles. The first-order valence-electron chi connectivity index (χ1n) is 6.33. The van der Waals surface area contributed by atoms with Crippen molar-refractivity contribution in [2.75, 3.05) is 0 Å². The summed E-state index contributed by atoms with van der Waals surface area (Å²) in [5.74, 6) is 6.21. The average Bonchev–Trinajstić information content (AvgIpc) is 2.06. The van der Waals surface area contributed by atoms with Crippen molar-refractivity contribution >= 4 is 0 Å². The zero-order valence-electron chi connectivity index (χ0n) is 10.7. The second-order valence-electron chi connectivity index (χ2n) is 7.16. The van der Waals surface area contributed by atoms with Gasteiger partial charge in [-0.2, -0.15) is 0 Å². The van der Waals surface area contributed by atoms with Crippen LogP contribution in [0.3, 0.4) is 0 Å². The molecule has 0 bridgehead atoms. The van der Waals surface area contributed by atoms with Gasteiger partial charge in [-0.1, -0.05) is 41.5 Å². The van der Waals surface area contributed by atoms with E-state index in [9.17, 15) is 0 Å². The summed E-state index contributed by atoms with van der Waals surface area (Å²) in [7, 11) is 0. The van der Waals surface area contributed by atoms with Crippen molar-refractivity contribution in [3.63, 3.8) is 0 Å². The van der Waals surface area contributed by atoms with Crippen LogP contribution in [-0.2, 0) is 0 Å². The number of hydrogen-bond acceptors (Lipinski definition) is 0. The lowest BCUT2D eigenvalue weighted by atomic mass is 9.38. The Bertz CT molecular complexity index is 223. The van der Waals surface area contributed by atoms with Gasteiger partial charge in [-0.05, 0) is 47.3 Å². The van der Waals surface area contributed by atoms with Crippen LogP contribution in [0.2, 0.25) is 0 Å². The molecule has 0 spiro atoms. The molecule has 0 aromatic rings. The van der Waals surface area contributed by atoms with Crippen LogP contribution in [0.5, 0.6) is 0 Å². The highest BCUT2D eigenvalue weighted by Gasteiger charge is 2.61. The third kappa shape index (κ3) is 1.33. The van der Waals surface area contributed by atoms with Crippen molar-refractivity contribution in [3.05, 3.63) is 0 Å². The van der Waals surface area contributed by atoms with Gasteiger partial charge < -0.3 is 0 Å². The third-order valence-corrected chi connectivity index (χ3v) is 5.11. The Morgan fingerprint density at radius 3 is 1.79 bits per heavy atom. The first-order valence-corrected chi connectivity index (χ1v) is 6.33. The number of hydrogen-bond donors (Lipinski definition) is 0. The fraction of sp³-hybridized carbons (Fsp3) is 1.00. The van der Waals surface area contributed by atoms with E-state index < -0.39 is 0 Å². The molecule has 2 fully saturated rings. The van der Waals surface area contributed by atoms with Gasteiger partial charge in [-0.25, -0.2) is 0 Å². The van der Waals surface area contributed by atoms with Crippen LogP contribution < -0.4 is 0 Å². The molecule has 0 radical (unpaired) electrons. The van der Waals surface area contributed by atoms with Gasteiger partial charge in [0.15, 0.2) is 0 Å². The summed E-state index contributed by atoms with van der Waals surface area (Å²) in [6.07, 6.45) is 1.44. The van der Waals surface area contributed by atoms with Gasteiger partial charge in [0.2, 0.25) is 0 Å². The molecule has 2 rings (SSSR count). The molecule has 0 amide bonds. The maximum Gasteiger partial charge on any atom is -0.0321 e. The molecule has 82 valence electrons. The van der Waals surface area contributed by atoms with E-state index in [1.165, 1.54) is 6.42 Å². The predicted molar refractivity (Wildman–Crippen MR) is 62.0 cm³/mol. The summed E-state index contributed by atoms with van der Waals surface area (Å²) < 4.78 is 0. The molecule has 0 aliphatic heterocycles. The molecule has 0 saturated heterocycles. The molecular weight excluding hydrogens is 168 g/mol. The molecule has 2 aliphatic carbocycles. The summed E-state index contributed by atoms with van der Waals surface area (Å²) in [6.45, 7) is 14.6. The van der Waals surface area contributed by atoms with Gasteiger partial charge >= 0.3 is 0 Å². The first-order chi connectivity index (χ1) is 6.33. The second kappa shape index (κ2) is 3.00. The largest absolute Gasteiger partial charge is 0.0620 e. The molecule has 0 N–H and O–H groups in total. The van der Waals surface area contributed by atoms with E-state index in [0.29, 0.717) is 5.41 Å². The second-order valence-corrected chi connectivity index (χ2v) is 7.16. The lowest BCUT2D eigenvalue weighted by Crippen LogP contribution is -2.62. The van der Waals surface area contributed by atoms with Crippen LogP contribution in [0.1, 0.15) is 48.0 Å². The van der Waals surface area contributed by atoms with E-state index in [-0.39, 0.29) is 0 Å². The van der Waals surface area contributed by atoms with Crippen LogP contribution in [0.25, 0.3) is 0 Å². The number of fused-ring (bicyclic) bond motifs is 1. The zero-order valence-corrected chi connectivity index (χ0v) is 10.7. The van der Waals surface area contributed by atoms with E-state index >= 15 is 0 Å². The number of rotatable bonds is 1. The van der Waals surface area contributed by atoms with Crippen molar-refractivity contribution in [3.8, 4) is 0 Å². The van der Waals surface area contributed by atoms with Crippen molar-refractivity contribution < 1.29 is 0 Å². The highest BCUT2D eigenvalue weighted by atomic mass is 14.7. The quantitative estimate of drug-likeness (QED) is 0.586. The molecular formula is C14H26. The van der Waals surface area contributed by atoms with Crippen molar-refractivity contribution in [1.29, 1.82) is 0 Å². The van der Waals surface area contributed by atoms with Crippen LogP contribution in [0.15, 0.2) is 0 Å². The molecule has 0 nitrogen and oxygen atoms in total. The van der Waals surface area contributed by atoms with Crippen molar-refractivity contribution in [2.45, 2.75) is 48.0 Å². The average molecular weight is 194 g/mol. The van der Waals surface area contributed by atoms with Crippen LogP contribution in [0.4, 0.5) is 0 Å². The van der Waals surface area contributed by atoms with Gasteiger partial charge in [0, 0.05) is 0 Å². The van der Waals surface area contributed by atoms with E-state index in [0.717, 1.165) is 35.5 Å². The molecule has 2 saturated carbocycles. The maximum atomic E-state index is 2.49. The van der Waals surface area contributed by atoms with Crippen molar-refractivity contribution in [2.24, 2.45) is 40.9 Å². The van der Waals surface area contributed by atoms with Gasteiger partial charge in [-0.15, -0.1) is 0 Å². The van der Waals surface area contributed by atoms with Crippen LogP contribution in [0, 0.1) is 40.9 Å². The topological polar surface area (TPSA) is 0 Å². The van der Waals surface area contributed by atoms with Gasteiger partial charge in [0.05, 0.1) is 0 Å². The van der Waals surface area contributed by atoms with Crippen LogP contribution in [-0.4, -0.2) is 0 Å². The normalized spacial score (nSPS) is 51.9. The van der Waals surface area contributed by atoms with Crippen molar-refractivity contribution in [1.82, 2.24) is 0 Å². The molecule has 2 aliphatic rings. The first kappa shape index (κ1) is 10.5. The molecule has 0 heteroatoms. The molecule has 14 heavy (non-hydrogen) atoms.